The maximum atomic E-state index is 14.0. The number of benzene rings is 2. The first-order valence-electron chi connectivity index (χ1n) is 13.6. The summed E-state index contributed by atoms with van der Waals surface area (Å²) in [5.41, 5.74) is 2.14. The lowest BCUT2D eigenvalue weighted by Gasteiger charge is -2.30. The fraction of sp³-hybridized carbons (Fsp3) is 0.483. The van der Waals surface area contributed by atoms with Gasteiger partial charge in [0.15, 0.2) is 0 Å². The Bertz CT molecular complexity index is 1150. The van der Waals surface area contributed by atoms with Crippen LogP contribution in [0.4, 0.5) is 26.2 Å². The van der Waals surface area contributed by atoms with E-state index >= 15 is 0 Å². The van der Waals surface area contributed by atoms with Crippen molar-refractivity contribution in [3.63, 3.8) is 0 Å². The molecule has 0 aromatic heterocycles. The summed E-state index contributed by atoms with van der Waals surface area (Å²) in [5.74, 6) is -0.341. The summed E-state index contributed by atoms with van der Waals surface area (Å²) in [7, 11) is 0. The molecule has 0 saturated carbocycles. The number of hydrogen-bond donors (Lipinski definition) is 2. The molecule has 9 heteroatoms. The van der Waals surface area contributed by atoms with Crippen LogP contribution in [0.25, 0.3) is 0 Å². The van der Waals surface area contributed by atoms with E-state index in [4.69, 9.17) is 0 Å². The smallest absolute Gasteiger partial charge is 0.321 e. The molecule has 2 aliphatic rings. The largest absolute Gasteiger partial charge is 0.369 e. The van der Waals surface area contributed by atoms with Gasteiger partial charge in [0, 0.05) is 57.1 Å². The van der Waals surface area contributed by atoms with Crippen LogP contribution < -0.4 is 15.5 Å². The van der Waals surface area contributed by atoms with Crippen LogP contribution in [0.15, 0.2) is 42.5 Å². The van der Waals surface area contributed by atoms with Gasteiger partial charge in [0.25, 0.3) is 5.91 Å². The molecule has 2 aliphatic heterocycles. The van der Waals surface area contributed by atoms with Crippen molar-refractivity contribution in [3.05, 3.63) is 53.8 Å². The Morgan fingerprint density at radius 2 is 1.58 bits per heavy atom. The lowest BCUT2D eigenvalue weighted by molar-refractivity contribution is -0.116. The highest BCUT2D eigenvalue weighted by molar-refractivity contribution is 6.02. The molecular weight excluding hydrogens is 485 g/mol. The zero-order valence-electron chi connectivity index (χ0n) is 22.3. The topological polar surface area (TPSA) is 85.0 Å². The van der Waals surface area contributed by atoms with E-state index in [0.717, 1.165) is 38.0 Å². The summed E-state index contributed by atoms with van der Waals surface area (Å²) in [4.78, 5) is 44.6. The summed E-state index contributed by atoms with van der Waals surface area (Å²) in [6, 6.07) is 11.3. The summed E-state index contributed by atoms with van der Waals surface area (Å²) in [6.07, 6.45) is 4.21. The van der Waals surface area contributed by atoms with Crippen molar-refractivity contribution >= 4 is 34.9 Å². The number of halogens is 1. The number of amides is 4. The molecule has 38 heavy (non-hydrogen) atoms. The van der Waals surface area contributed by atoms with Crippen LogP contribution in [0.5, 0.6) is 0 Å². The zero-order chi connectivity index (χ0) is 27.1. The van der Waals surface area contributed by atoms with E-state index in [1.807, 2.05) is 30.9 Å². The van der Waals surface area contributed by atoms with E-state index in [9.17, 15) is 18.8 Å². The standard InChI is InChI=1S/C29H38FN5O3/c1-21(2)19-27(36)31-22-11-12-26(23(20-22)28(37)34-13-6-3-7-14-34)33-15-8-16-35(18-17-33)29(38)32-25-10-5-4-9-24(25)30/h4-5,9-12,20-21H,3,6-8,13-19H2,1-2H3,(H,31,36)(H,32,38). The second-order valence-electron chi connectivity index (χ2n) is 10.5. The second kappa shape index (κ2) is 12.8. The number of likely N-dealkylation sites (tertiary alicyclic amines) is 1. The van der Waals surface area contributed by atoms with Gasteiger partial charge in [0.05, 0.1) is 11.3 Å². The van der Waals surface area contributed by atoms with Crippen molar-refractivity contribution in [2.45, 2.75) is 46.0 Å². The molecule has 2 heterocycles. The summed E-state index contributed by atoms with van der Waals surface area (Å²) in [5, 5.41) is 5.61. The third-order valence-electron chi connectivity index (χ3n) is 6.99. The fourth-order valence-corrected chi connectivity index (χ4v) is 5.03. The molecule has 4 amide bonds. The highest BCUT2D eigenvalue weighted by Gasteiger charge is 2.26. The van der Waals surface area contributed by atoms with Gasteiger partial charge in [-0.15, -0.1) is 0 Å². The number of hydrogen-bond acceptors (Lipinski definition) is 4. The van der Waals surface area contributed by atoms with Gasteiger partial charge in [0.2, 0.25) is 5.91 Å². The first kappa shape index (κ1) is 27.4. The van der Waals surface area contributed by atoms with Gasteiger partial charge < -0.3 is 25.3 Å². The summed E-state index contributed by atoms with van der Waals surface area (Å²) in [6.45, 7) is 7.60. The molecule has 2 aromatic carbocycles. The van der Waals surface area contributed by atoms with Gasteiger partial charge in [-0.2, -0.15) is 0 Å². The molecule has 2 N–H and O–H groups in total. The van der Waals surface area contributed by atoms with Gasteiger partial charge in [-0.05, 0) is 61.9 Å². The van der Waals surface area contributed by atoms with Crippen molar-refractivity contribution < 1.29 is 18.8 Å². The molecular formula is C29H38FN5O3. The zero-order valence-corrected chi connectivity index (χ0v) is 22.3. The predicted molar refractivity (Wildman–Crippen MR) is 148 cm³/mol. The fourth-order valence-electron chi connectivity index (χ4n) is 5.03. The first-order valence-corrected chi connectivity index (χ1v) is 13.6. The number of nitrogens with one attached hydrogen (secondary N) is 2. The molecule has 0 radical (unpaired) electrons. The van der Waals surface area contributed by atoms with Crippen LogP contribution >= 0.6 is 0 Å². The number of nitrogens with zero attached hydrogens (tertiary/aromatic N) is 3. The number of piperidine rings is 1. The quantitative estimate of drug-likeness (QED) is 0.546. The number of carbonyl (C=O) groups excluding carboxylic acids is 3. The maximum absolute atomic E-state index is 14.0. The van der Waals surface area contributed by atoms with Crippen LogP contribution in [0.1, 0.15) is 56.3 Å². The summed E-state index contributed by atoms with van der Waals surface area (Å²) < 4.78 is 14.0. The minimum Gasteiger partial charge on any atom is -0.369 e. The van der Waals surface area contributed by atoms with E-state index in [1.165, 1.54) is 12.1 Å². The van der Waals surface area contributed by atoms with Gasteiger partial charge in [-0.1, -0.05) is 26.0 Å². The van der Waals surface area contributed by atoms with Gasteiger partial charge in [-0.25, -0.2) is 9.18 Å². The third kappa shape index (κ3) is 7.02. The van der Waals surface area contributed by atoms with Crippen molar-refractivity contribution in [2.75, 3.05) is 54.8 Å². The highest BCUT2D eigenvalue weighted by Crippen LogP contribution is 2.28. The monoisotopic (exact) mass is 523 g/mol. The van der Waals surface area contributed by atoms with E-state index in [2.05, 4.69) is 15.5 Å². The van der Waals surface area contributed by atoms with Crippen LogP contribution in [0.3, 0.4) is 0 Å². The molecule has 4 rings (SSSR count). The molecule has 0 aliphatic carbocycles. The normalized spacial score (nSPS) is 16.3. The highest BCUT2D eigenvalue weighted by atomic mass is 19.1. The molecule has 0 unspecified atom stereocenters. The van der Waals surface area contributed by atoms with E-state index in [-0.39, 0.29) is 29.5 Å². The Kier molecular flexibility index (Phi) is 9.20. The first-order chi connectivity index (χ1) is 18.3. The Labute approximate surface area is 224 Å². The van der Waals surface area contributed by atoms with Crippen LogP contribution in [-0.2, 0) is 4.79 Å². The lowest BCUT2D eigenvalue weighted by atomic mass is 10.1. The average Bonchev–Trinajstić information content (AvgIpc) is 3.16. The van der Waals surface area contributed by atoms with Crippen molar-refractivity contribution in [1.29, 1.82) is 0 Å². The molecule has 204 valence electrons. The van der Waals surface area contributed by atoms with Gasteiger partial charge in [0.1, 0.15) is 5.82 Å². The Morgan fingerprint density at radius 1 is 0.842 bits per heavy atom. The molecule has 2 fully saturated rings. The van der Waals surface area contributed by atoms with Crippen LogP contribution in [0.2, 0.25) is 0 Å². The number of rotatable bonds is 6. The molecule has 0 atom stereocenters. The molecule has 0 bridgehead atoms. The minimum absolute atomic E-state index is 0.0296. The van der Waals surface area contributed by atoms with Crippen molar-refractivity contribution in [2.24, 2.45) is 5.92 Å². The molecule has 2 saturated heterocycles. The molecule has 2 aromatic rings. The Balaban J connectivity index is 1.51. The van der Waals surface area contributed by atoms with E-state index < -0.39 is 5.82 Å². The second-order valence-corrected chi connectivity index (χ2v) is 10.5. The van der Waals surface area contributed by atoms with Crippen LogP contribution in [0, 0.1) is 11.7 Å². The van der Waals surface area contributed by atoms with Crippen molar-refractivity contribution in [1.82, 2.24) is 9.80 Å². The lowest BCUT2D eigenvalue weighted by Crippen LogP contribution is -2.39. The number of carbonyl (C=O) groups is 3. The van der Waals surface area contributed by atoms with Gasteiger partial charge >= 0.3 is 6.03 Å². The Morgan fingerprint density at radius 3 is 2.32 bits per heavy atom. The van der Waals surface area contributed by atoms with Crippen LogP contribution in [-0.4, -0.2) is 66.9 Å². The third-order valence-corrected chi connectivity index (χ3v) is 6.99. The average molecular weight is 524 g/mol. The number of anilines is 3. The Hall–Kier alpha value is -3.62. The minimum atomic E-state index is -0.473. The maximum Gasteiger partial charge on any atom is 0.321 e. The predicted octanol–water partition coefficient (Wildman–Crippen LogP) is 5.18. The SMILES string of the molecule is CC(C)CC(=O)Nc1ccc(N2CCCN(C(=O)Nc3ccccc3F)CC2)c(C(=O)N2CCCCC2)c1. The van der Waals surface area contributed by atoms with Crippen molar-refractivity contribution in [3.8, 4) is 0 Å². The van der Waals surface area contributed by atoms with E-state index in [0.29, 0.717) is 50.3 Å². The molecule has 8 nitrogen and oxygen atoms in total. The van der Waals surface area contributed by atoms with E-state index in [1.54, 1.807) is 23.1 Å². The van der Waals surface area contributed by atoms with Gasteiger partial charge in [-0.3, -0.25) is 9.59 Å². The summed E-state index contributed by atoms with van der Waals surface area (Å²) >= 11 is 0. The number of para-hydroxylation sites is 1. The number of urea groups is 1. The molecule has 0 spiro atoms.